The standard InChI is InChI=1S/C19H23BClF3N4O2/c1-17(2)18(3,4)30-20(29-17)12-10-14-11(9-13(12)21)15(28-7-5-25-6-8-28)27-16(26-14)19(22,23)24/h9-10,25H,5-8H2,1-4H3. The van der Waals surface area contributed by atoms with Crippen LogP contribution >= 0.6 is 11.6 Å². The second kappa shape index (κ2) is 7.22. The van der Waals surface area contributed by atoms with E-state index in [9.17, 15) is 13.2 Å². The van der Waals surface area contributed by atoms with E-state index < -0.39 is 30.3 Å². The van der Waals surface area contributed by atoms with Crippen LogP contribution in [0.4, 0.5) is 19.0 Å². The van der Waals surface area contributed by atoms with Crippen molar-refractivity contribution in [3.63, 3.8) is 0 Å². The molecular weight excluding hydrogens is 419 g/mol. The summed E-state index contributed by atoms with van der Waals surface area (Å²) < 4.78 is 52.6. The lowest BCUT2D eigenvalue weighted by atomic mass is 9.78. The molecular formula is C19H23BClF3N4O2. The third-order valence-electron chi connectivity index (χ3n) is 5.97. The molecule has 0 radical (unpaired) electrons. The van der Waals surface area contributed by atoms with Gasteiger partial charge in [0.25, 0.3) is 0 Å². The Kier molecular flexibility index (Phi) is 5.20. The number of benzene rings is 1. The quantitative estimate of drug-likeness (QED) is 0.722. The highest BCUT2D eigenvalue weighted by molar-refractivity contribution is 6.66. The van der Waals surface area contributed by atoms with Crippen LogP contribution in [0.25, 0.3) is 10.9 Å². The van der Waals surface area contributed by atoms with Gasteiger partial charge in [0.15, 0.2) is 0 Å². The smallest absolute Gasteiger partial charge is 0.399 e. The average Bonchev–Trinajstić information content (AvgIpc) is 2.87. The Labute approximate surface area is 178 Å². The molecule has 2 aromatic rings. The molecule has 30 heavy (non-hydrogen) atoms. The number of rotatable bonds is 2. The van der Waals surface area contributed by atoms with Gasteiger partial charge in [0.05, 0.1) is 16.7 Å². The first-order valence-corrected chi connectivity index (χ1v) is 10.2. The van der Waals surface area contributed by atoms with Crippen molar-refractivity contribution >= 4 is 40.9 Å². The lowest BCUT2D eigenvalue weighted by Crippen LogP contribution is -2.44. The molecule has 0 bridgehead atoms. The number of piperazine rings is 1. The van der Waals surface area contributed by atoms with E-state index in [1.54, 1.807) is 6.07 Å². The summed E-state index contributed by atoms with van der Waals surface area (Å²) in [5, 5.41) is 3.99. The summed E-state index contributed by atoms with van der Waals surface area (Å²) in [5.74, 6) is -0.943. The Morgan fingerprint density at radius 1 is 1.07 bits per heavy atom. The minimum Gasteiger partial charge on any atom is -0.399 e. The fourth-order valence-electron chi connectivity index (χ4n) is 3.54. The maximum atomic E-state index is 13.5. The summed E-state index contributed by atoms with van der Waals surface area (Å²) in [4.78, 5) is 9.47. The lowest BCUT2D eigenvalue weighted by molar-refractivity contribution is -0.144. The molecule has 0 unspecified atom stereocenters. The van der Waals surface area contributed by atoms with Crippen LogP contribution in [0.3, 0.4) is 0 Å². The summed E-state index contributed by atoms with van der Waals surface area (Å²) in [5.41, 5.74) is -0.615. The molecule has 0 amide bonds. The first kappa shape index (κ1) is 21.6. The van der Waals surface area contributed by atoms with Crippen LogP contribution in [0.1, 0.15) is 33.5 Å². The minimum atomic E-state index is -4.67. The van der Waals surface area contributed by atoms with E-state index in [0.29, 0.717) is 42.1 Å². The molecule has 1 N–H and O–H groups in total. The number of hydrogen-bond acceptors (Lipinski definition) is 6. The van der Waals surface area contributed by atoms with Gasteiger partial charge >= 0.3 is 13.3 Å². The predicted molar refractivity (Wildman–Crippen MR) is 110 cm³/mol. The molecule has 3 heterocycles. The molecule has 0 saturated carbocycles. The van der Waals surface area contributed by atoms with Crippen molar-refractivity contribution in [2.24, 2.45) is 0 Å². The Morgan fingerprint density at radius 2 is 1.67 bits per heavy atom. The zero-order valence-electron chi connectivity index (χ0n) is 17.2. The fraction of sp³-hybridized carbons (Fsp3) is 0.579. The van der Waals surface area contributed by atoms with Crippen molar-refractivity contribution in [2.75, 3.05) is 31.1 Å². The van der Waals surface area contributed by atoms with E-state index in [1.165, 1.54) is 6.07 Å². The molecule has 6 nitrogen and oxygen atoms in total. The number of fused-ring (bicyclic) bond motifs is 1. The fourth-order valence-corrected chi connectivity index (χ4v) is 3.80. The van der Waals surface area contributed by atoms with Crippen LogP contribution in [-0.4, -0.2) is 54.5 Å². The van der Waals surface area contributed by atoms with Gasteiger partial charge in [-0.3, -0.25) is 0 Å². The first-order valence-electron chi connectivity index (χ1n) is 9.79. The van der Waals surface area contributed by atoms with Crippen molar-refractivity contribution < 1.29 is 22.5 Å². The van der Waals surface area contributed by atoms with Gasteiger partial charge in [-0.2, -0.15) is 13.2 Å². The van der Waals surface area contributed by atoms with Crippen LogP contribution < -0.4 is 15.7 Å². The van der Waals surface area contributed by atoms with Gasteiger partial charge in [-0.05, 0) is 39.8 Å². The van der Waals surface area contributed by atoms with Crippen molar-refractivity contribution in [3.8, 4) is 0 Å². The van der Waals surface area contributed by atoms with E-state index in [0.717, 1.165) is 0 Å². The van der Waals surface area contributed by atoms with Gasteiger partial charge in [-0.25, -0.2) is 9.97 Å². The molecule has 2 saturated heterocycles. The minimum absolute atomic E-state index is 0.153. The van der Waals surface area contributed by atoms with E-state index in [2.05, 4.69) is 15.3 Å². The summed E-state index contributed by atoms with van der Waals surface area (Å²) >= 11 is 6.54. The number of nitrogens with zero attached hydrogens (tertiary/aromatic N) is 3. The maximum absolute atomic E-state index is 13.5. The summed E-state index contributed by atoms with van der Waals surface area (Å²) in [6.45, 7) is 9.99. The van der Waals surface area contributed by atoms with Crippen LogP contribution in [0, 0.1) is 0 Å². The Balaban J connectivity index is 1.85. The Hall–Kier alpha value is -1.62. The third kappa shape index (κ3) is 3.74. The number of alkyl halides is 3. The van der Waals surface area contributed by atoms with Gasteiger partial charge in [-0.15, -0.1) is 0 Å². The first-order chi connectivity index (χ1) is 13.9. The van der Waals surface area contributed by atoms with Crippen molar-refractivity contribution in [3.05, 3.63) is 23.0 Å². The van der Waals surface area contributed by atoms with Crippen molar-refractivity contribution in [1.82, 2.24) is 15.3 Å². The van der Waals surface area contributed by atoms with Crippen LogP contribution in [0.5, 0.6) is 0 Å². The van der Waals surface area contributed by atoms with Crippen molar-refractivity contribution in [1.29, 1.82) is 0 Å². The molecule has 11 heteroatoms. The van der Waals surface area contributed by atoms with E-state index >= 15 is 0 Å². The van der Waals surface area contributed by atoms with E-state index in [1.807, 2.05) is 32.6 Å². The van der Waals surface area contributed by atoms with Gasteiger partial charge in [0, 0.05) is 42.1 Å². The molecule has 0 atom stereocenters. The van der Waals surface area contributed by atoms with E-state index in [4.69, 9.17) is 20.9 Å². The molecule has 1 aromatic carbocycles. The van der Waals surface area contributed by atoms with E-state index in [-0.39, 0.29) is 11.3 Å². The summed E-state index contributed by atoms with van der Waals surface area (Å²) in [6, 6.07) is 3.12. The maximum Gasteiger partial charge on any atom is 0.496 e. The highest BCUT2D eigenvalue weighted by Gasteiger charge is 2.52. The number of halogens is 4. The third-order valence-corrected chi connectivity index (χ3v) is 6.30. The highest BCUT2D eigenvalue weighted by atomic mass is 35.5. The van der Waals surface area contributed by atoms with Crippen LogP contribution in [-0.2, 0) is 15.5 Å². The van der Waals surface area contributed by atoms with Gasteiger partial charge in [0.2, 0.25) is 5.82 Å². The van der Waals surface area contributed by atoms with Gasteiger partial charge in [-0.1, -0.05) is 11.6 Å². The molecule has 2 aliphatic rings. The average molecular weight is 443 g/mol. The largest absolute Gasteiger partial charge is 0.496 e. The van der Waals surface area contributed by atoms with Gasteiger partial charge in [0.1, 0.15) is 5.82 Å². The number of nitrogens with one attached hydrogen (secondary N) is 1. The zero-order chi connectivity index (χ0) is 21.9. The second-order valence-electron chi connectivity index (χ2n) is 8.58. The number of hydrogen-bond donors (Lipinski definition) is 1. The van der Waals surface area contributed by atoms with Crippen LogP contribution in [0.2, 0.25) is 5.02 Å². The normalized spacial score (nSPS) is 21.5. The zero-order valence-corrected chi connectivity index (χ0v) is 18.0. The monoisotopic (exact) mass is 442 g/mol. The highest BCUT2D eigenvalue weighted by Crippen LogP contribution is 2.38. The summed E-state index contributed by atoms with van der Waals surface area (Å²) in [6.07, 6.45) is -4.67. The van der Waals surface area contributed by atoms with Crippen LogP contribution in [0.15, 0.2) is 12.1 Å². The Bertz CT molecular complexity index is 964. The number of aromatic nitrogens is 2. The Morgan fingerprint density at radius 3 is 2.23 bits per heavy atom. The molecule has 2 fully saturated rings. The number of anilines is 1. The molecule has 162 valence electrons. The second-order valence-corrected chi connectivity index (χ2v) is 8.99. The molecule has 0 spiro atoms. The van der Waals surface area contributed by atoms with Crippen molar-refractivity contribution in [2.45, 2.75) is 45.1 Å². The molecule has 2 aliphatic heterocycles. The topological polar surface area (TPSA) is 59.5 Å². The molecule has 4 rings (SSSR count). The lowest BCUT2D eigenvalue weighted by Gasteiger charge is -2.32. The summed E-state index contributed by atoms with van der Waals surface area (Å²) in [7, 11) is -0.807. The SMILES string of the molecule is CC1(C)OB(c2cc3nc(C(F)(F)F)nc(N4CCNCC4)c3cc2Cl)OC1(C)C. The predicted octanol–water partition coefficient (Wildman–Crippen LogP) is 3.01. The van der Waals surface area contributed by atoms with Gasteiger partial charge < -0.3 is 19.5 Å². The molecule has 1 aromatic heterocycles. The molecule has 0 aliphatic carbocycles.